The van der Waals surface area contributed by atoms with Gasteiger partial charge in [-0.25, -0.2) is 9.97 Å². The molecule has 0 bridgehead atoms. The number of amides is 1. The molecule has 1 fully saturated rings. The van der Waals surface area contributed by atoms with Crippen LogP contribution in [-0.4, -0.2) is 29.0 Å². The molecule has 1 aliphatic heterocycles. The fourth-order valence-corrected chi connectivity index (χ4v) is 3.56. The van der Waals surface area contributed by atoms with Gasteiger partial charge < -0.3 is 10.2 Å². The number of pyridine rings is 2. The predicted octanol–water partition coefficient (Wildman–Crippen LogP) is 4.24. The molecule has 0 spiro atoms. The van der Waals surface area contributed by atoms with E-state index in [-0.39, 0.29) is 5.91 Å². The average molecular weight is 397 g/mol. The van der Waals surface area contributed by atoms with Crippen LogP contribution in [0.4, 0.5) is 11.5 Å². The van der Waals surface area contributed by atoms with Gasteiger partial charge in [0.25, 0.3) is 5.91 Å². The Hall–Kier alpha value is -2.47. The summed E-state index contributed by atoms with van der Waals surface area (Å²) in [7, 11) is 0. The van der Waals surface area contributed by atoms with E-state index in [1.54, 1.807) is 12.3 Å². The molecular formula is C19H17BrN4O. The van der Waals surface area contributed by atoms with Crippen molar-refractivity contribution in [2.24, 2.45) is 0 Å². The lowest BCUT2D eigenvalue weighted by atomic mass is 10.1. The quantitative estimate of drug-likeness (QED) is 0.718. The number of aromatic nitrogens is 2. The minimum absolute atomic E-state index is 0.171. The second-order valence-corrected chi connectivity index (χ2v) is 6.92. The molecule has 25 heavy (non-hydrogen) atoms. The molecule has 6 heteroatoms. The van der Waals surface area contributed by atoms with Crippen molar-refractivity contribution in [3.63, 3.8) is 0 Å². The van der Waals surface area contributed by atoms with Gasteiger partial charge in [-0.2, -0.15) is 0 Å². The number of fused-ring (bicyclic) bond motifs is 1. The van der Waals surface area contributed by atoms with E-state index in [2.05, 4.69) is 36.1 Å². The van der Waals surface area contributed by atoms with Crippen molar-refractivity contribution in [1.82, 2.24) is 9.97 Å². The molecule has 126 valence electrons. The topological polar surface area (TPSA) is 58.1 Å². The predicted molar refractivity (Wildman–Crippen MR) is 103 cm³/mol. The summed E-state index contributed by atoms with van der Waals surface area (Å²) in [6, 6.07) is 13.2. The van der Waals surface area contributed by atoms with Crippen LogP contribution in [0.3, 0.4) is 0 Å². The number of carbonyl (C=O) groups excluding carboxylic acids is 1. The van der Waals surface area contributed by atoms with Crippen molar-refractivity contribution in [1.29, 1.82) is 0 Å². The van der Waals surface area contributed by atoms with Crippen LogP contribution in [0, 0.1) is 0 Å². The lowest BCUT2D eigenvalue weighted by molar-refractivity contribution is 0.102. The Morgan fingerprint density at radius 3 is 2.80 bits per heavy atom. The number of hydrogen-bond acceptors (Lipinski definition) is 4. The Bertz CT molecular complexity index is 938. The number of nitrogens with zero attached hydrogens (tertiary/aromatic N) is 3. The molecule has 1 aliphatic rings. The summed E-state index contributed by atoms with van der Waals surface area (Å²) in [6.45, 7) is 2.06. The van der Waals surface area contributed by atoms with Crippen LogP contribution in [0.25, 0.3) is 11.0 Å². The number of nitrogens with one attached hydrogen (secondary N) is 1. The minimum atomic E-state index is -0.171. The molecule has 4 rings (SSSR count). The highest BCUT2D eigenvalue weighted by atomic mass is 79.9. The van der Waals surface area contributed by atoms with E-state index in [4.69, 9.17) is 0 Å². The second kappa shape index (κ2) is 6.80. The van der Waals surface area contributed by atoms with Crippen LogP contribution in [0.2, 0.25) is 0 Å². The number of hydrogen-bond donors (Lipinski definition) is 1. The summed E-state index contributed by atoms with van der Waals surface area (Å²) in [5.41, 5.74) is 2.31. The summed E-state index contributed by atoms with van der Waals surface area (Å²) in [5.74, 6) is 0.331. The van der Waals surface area contributed by atoms with E-state index in [9.17, 15) is 4.79 Å². The molecule has 0 saturated carbocycles. The number of anilines is 2. The third kappa shape index (κ3) is 3.35. The number of benzene rings is 1. The summed E-state index contributed by atoms with van der Waals surface area (Å²) >= 11 is 3.59. The van der Waals surface area contributed by atoms with Gasteiger partial charge in [-0.1, -0.05) is 0 Å². The molecule has 0 unspecified atom stereocenters. The Morgan fingerprint density at radius 1 is 1.12 bits per heavy atom. The van der Waals surface area contributed by atoms with Crippen LogP contribution < -0.4 is 10.2 Å². The summed E-state index contributed by atoms with van der Waals surface area (Å²) in [4.78, 5) is 23.5. The smallest absolute Gasteiger partial charge is 0.256 e. The third-order valence-electron chi connectivity index (χ3n) is 4.36. The first-order valence-electron chi connectivity index (χ1n) is 8.28. The largest absolute Gasteiger partial charge is 0.371 e. The fourth-order valence-electron chi connectivity index (χ4n) is 3.07. The van der Waals surface area contributed by atoms with Crippen molar-refractivity contribution in [2.45, 2.75) is 12.8 Å². The molecule has 1 saturated heterocycles. The highest BCUT2D eigenvalue weighted by molar-refractivity contribution is 9.10. The first kappa shape index (κ1) is 16.0. The Kier molecular flexibility index (Phi) is 4.36. The Labute approximate surface area is 154 Å². The Morgan fingerprint density at radius 2 is 1.96 bits per heavy atom. The van der Waals surface area contributed by atoms with Gasteiger partial charge in [-0.3, -0.25) is 4.79 Å². The zero-order chi connectivity index (χ0) is 17.2. The third-order valence-corrected chi connectivity index (χ3v) is 5.03. The molecule has 1 N–H and O–H groups in total. The van der Waals surface area contributed by atoms with Crippen molar-refractivity contribution in [3.05, 3.63) is 58.7 Å². The SMILES string of the molecule is O=C(Nc1ccc2cccnc2n1)c1ccc(Br)c(N2CCCC2)c1. The van der Waals surface area contributed by atoms with E-state index < -0.39 is 0 Å². The fraction of sp³-hybridized carbons (Fsp3) is 0.211. The van der Waals surface area contributed by atoms with Gasteiger partial charge in [-0.05, 0) is 71.2 Å². The summed E-state index contributed by atoms with van der Waals surface area (Å²) < 4.78 is 1.01. The van der Waals surface area contributed by atoms with E-state index >= 15 is 0 Å². The zero-order valence-electron chi connectivity index (χ0n) is 13.6. The van der Waals surface area contributed by atoms with Crippen LogP contribution in [0.15, 0.2) is 53.1 Å². The van der Waals surface area contributed by atoms with E-state index in [0.29, 0.717) is 17.0 Å². The first-order chi connectivity index (χ1) is 12.2. The molecule has 0 atom stereocenters. The van der Waals surface area contributed by atoms with Crippen molar-refractivity contribution < 1.29 is 4.79 Å². The maximum absolute atomic E-state index is 12.6. The standard InChI is InChI=1S/C19H17BrN4O/c20-15-7-5-14(12-16(15)24-10-1-2-11-24)19(25)23-17-8-6-13-4-3-9-21-18(13)22-17/h3-9,12H,1-2,10-11H2,(H,21,22,23,25). The maximum atomic E-state index is 12.6. The van der Waals surface area contributed by atoms with Gasteiger partial charge in [0.15, 0.2) is 5.65 Å². The van der Waals surface area contributed by atoms with E-state index in [0.717, 1.165) is 28.6 Å². The monoisotopic (exact) mass is 396 g/mol. The molecule has 3 aromatic rings. The van der Waals surface area contributed by atoms with Crippen LogP contribution in [0.1, 0.15) is 23.2 Å². The summed E-state index contributed by atoms with van der Waals surface area (Å²) in [5, 5.41) is 3.81. The first-order valence-corrected chi connectivity index (χ1v) is 9.08. The van der Waals surface area contributed by atoms with Crippen molar-refractivity contribution in [3.8, 4) is 0 Å². The van der Waals surface area contributed by atoms with Gasteiger partial charge >= 0.3 is 0 Å². The normalized spacial score (nSPS) is 14.0. The maximum Gasteiger partial charge on any atom is 0.256 e. The molecule has 1 aromatic carbocycles. The van der Waals surface area contributed by atoms with Crippen LogP contribution in [0.5, 0.6) is 0 Å². The lowest BCUT2D eigenvalue weighted by Crippen LogP contribution is -2.19. The molecule has 5 nitrogen and oxygen atoms in total. The van der Waals surface area contributed by atoms with Gasteiger partial charge in [0.05, 0.1) is 5.69 Å². The van der Waals surface area contributed by atoms with Crippen LogP contribution >= 0.6 is 15.9 Å². The number of rotatable bonds is 3. The highest BCUT2D eigenvalue weighted by Crippen LogP contribution is 2.30. The van der Waals surface area contributed by atoms with Gasteiger partial charge in [-0.15, -0.1) is 0 Å². The lowest BCUT2D eigenvalue weighted by Gasteiger charge is -2.20. The second-order valence-electron chi connectivity index (χ2n) is 6.06. The Balaban J connectivity index is 1.58. The number of carbonyl (C=O) groups is 1. The molecule has 1 amide bonds. The van der Waals surface area contributed by atoms with Crippen molar-refractivity contribution >= 4 is 44.4 Å². The molecule has 0 aliphatic carbocycles. The summed E-state index contributed by atoms with van der Waals surface area (Å²) in [6.07, 6.45) is 4.08. The van der Waals surface area contributed by atoms with Gasteiger partial charge in [0, 0.05) is 34.7 Å². The minimum Gasteiger partial charge on any atom is -0.371 e. The van der Waals surface area contributed by atoms with Crippen molar-refractivity contribution in [2.75, 3.05) is 23.3 Å². The molecule has 2 aromatic heterocycles. The highest BCUT2D eigenvalue weighted by Gasteiger charge is 2.17. The van der Waals surface area contributed by atoms with E-state index in [1.165, 1.54) is 12.8 Å². The zero-order valence-corrected chi connectivity index (χ0v) is 15.2. The molecule has 0 radical (unpaired) electrons. The molecular weight excluding hydrogens is 380 g/mol. The van der Waals surface area contributed by atoms with Crippen LogP contribution in [-0.2, 0) is 0 Å². The molecule has 3 heterocycles. The van der Waals surface area contributed by atoms with Gasteiger partial charge in [0.1, 0.15) is 5.82 Å². The average Bonchev–Trinajstić information content (AvgIpc) is 3.16. The van der Waals surface area contributed by atoms with E-state index in [1.807, 2.05) is 36.4 Å². The number of halogens is 1. The van der Waals surface area contributed by atoms with Gasteiger partial charge in [0.2, 0.25) is 0 Å².